The van der Waals surface area contributed by atoms with E-state index >= 15 is 0 Å². The van der Waals surface area contributed by atoms with Gasteiger partial charge in [-0.1, -0.05) is 11.2 Å². The summed E-state index contributed by atoms with van der Waals surface area (Å²) in [5.41, 5.74) is 0.0999. The van der Waals surface area contributed by atoms with Crippen LogP contribution in [0.3, 0.4) is 0 Å². The minimum absolute atomic E-state index is 0.0456. The van der Waals surface area contributed by atoms with E-state index in [2.05, 4.69) is 15.5 Å². The van der Waals surface area contributed by atoms with Gasteiger partial charge in [-0.3, -0.25) is 9.78 Å². The average Bonchev–Trinajstić information content (AvgIpc) is 2.74. The van der Waals surface area contributed by atoms with Gasteiger partial charge in [-0.05, 0) is 30.3 Å². The van der Waals surface area contributed by atoms with Crippen LogP contribution >= 0.6 is 0 Å². The maximum absolute atomic E-state index is 12.9. The van der Waals surface area contributed by atoms with Gasteiger partial charge in [0.15, 0.2) is 6.61 Å². The van der Waals surface area contributed by atoms with Crippen molar-refractivity contribution < 1.29 is 31.2 Å². The van der Waals surface area contributed by atoms with Crippen molar-refractivity contribution in [1.29, 1.82) is 0 Å². The third-order valence-corrected chi connectivity index (χ3v) is 6.35. The number of hydrogen-bond acceptors (Lipinski definition) is 6. The second kappa shape index (κ2) is 9.43. The van der Waals surface area contributed by atoms with E-state index in [0.29, 0.717) is 17.5 Å². The van der Waals surface area contributed by atoms with Gasteiger partial charge >= 0.3 is 6.18 Å². The highest BCUT2D eigenvalue weighted by Crippen LogP contribution is 2.31. The summed E-state index contributed by atoms with van der Waals surface area (Å²) in [5, 5.41) is 6.47. The van der Waals surface area contributed by atoms with E-state index in [1.807, 2.05) is 0 Å². The summed E-state index contributed by atoms with van der Waals surface area (Å²) in [6.07, 6.45) is -1.10. The molecular weight excluding hydrogens is 437 g/mol. The molecule has 1 aliphatic heterocycles. The summed E-state index contributed by atoms with van der Waals surface area (Å²) in [7, 11) is -4.07. The molecule has 0 saturated carbocycles. The number of aromatic nitrogens is 1. The summed E-state index contributed by atoms with van der Waals surface area (Å²) in [5.74, 6) is -0.417. The summed E-state index contributed by atoms with van der Waals surface area (Å²) in [4.78, 5) is 20.3. The van der Waals surface area contributed by atoms with Gasteiger partial charge < -0.3 is 10.2 Å². The number of anilines is 1. The number of pyridine rings is 1. The van der Waals surface area contributed by atoms with Crippen LogP contribution in [0.15, 0.2) is 58.8 Å². The molecule has 0 atom stereocenters. The van der Waals surface area contributed by atoms with E-state index < -0.39 is 32.6 Å². The number of amides is 1. The van der Waals surface area contributed by atoms with Gasteiger partial charge in [-0.25, -0.2) is 8.42 Å². The van der Waals surface area contributed by atoms with Gasteiger partial charge in [0.1, 0.15) is 0 Å². The lowest BCUT2D eigenvalue weighted by molar-refractivity contribution is -0.137. The molecule has 2 heterocycles. The molecule has 166 valence electrons. The van der Waals surface area contributed by atoms with E-state index in [4.69, 9.17) is 4.84 Å². The van der Waals surface area contributed by atoms with Crippen LogP contribution in [-0.2, 0) is 25.8 Å². The van der Waals surface area contributed by atoms with Crippen LogP contribution in [0.5, 0.6) is 0 Å². The lowest BCUT2D eigenvalue weighted by Crippen LogP contribution is -2.38. The third kappa shape index (κ3) is 6.01. The number of halogens is 3. The van der Waals surface area contributed by atoms with Crippen molar-refractivity contribution in [2.75, 3.05) is 25.0 Å². The average molecular weight is 456 g/mol. The Morgan fingerprint density at radius 3 is 2.48 bits per heavy atom. The number of rotatable bonds is 6. The maximum atomic E-state index is 12.9. The smallest absolute Gasteiger partial charge is 0.386 e. The van der Waals surface area contributed by atoms with Crippen molar-refractivity contribution in [3.8, 4) is 0 Å². The van der Waals surface area contributed by atoms with Gasteiger partial charge in [0.2, 0.25) is 10.0 Å². The predicted octanol–water partition coefficient (Wildman–Crippen LogP) is 2.90. The van der Waals surface area contributed by atoms with E-state index in [1.54, 1.807) is 12.1 Å². The Bertz CT molecular complexity index is 1050. The molecule has 3 rings (SSSR count). The molecule has 0 aliphatic carbocycles. The zero-order valence-electron chi connectivity index (χ0n) is 16.2. The number of hydrogen-bond donors (Lipinski definition) is 1. The molecule has 12 heteroatoms. The quantitative estimate of drug-likeness (QED) is 0.674. The number of carbonyl (C=O) groups is 1. The van der Waals surface area contributed by atoms with Crippen molar-refractivity contribution in [3.63, 3.8) is 0 Å². The normalized spacial score (nSPS) is 15.4. The molecule has 1 aromatic heterocycles. The summed E-state index contributed by atoms with van der Waals surface area (Å²) >= 11 is 0. The number of alkyl halides is 3. The molecule has 1 N–H and O–H groups in total. The molecule has 0 radical (unpaired) electrons. The first-order chi connectivity index (χ1) is 14.7. The van der Waals surface area contributed by atoms with Crippen molar-refractivity contribution in [2.45, 2.75) is 23.9 Å². The SMILES string of the molecule is O=C(CON=C1CCN(S(=O)(=O)c2cccc(C(F)(F)F)c2)CC1)Nc1ccncc1. The zero-order valence-corrected chi connectivity index (χ0v) is 17.0. The number of piperidine rings is 1. The Hall–Kier alpha value is -2.99. The van der Waals surface area contributed by atoms with Crippen LogP contribution in [0.2, 0.25) is 0 Å². The topological polar surface area (TPSA) is 101 Å². The number of oxime groups is 1. The Labute approximate surface area is 176 Å². The van der Waals surface area contributed by atoms with E-state index in [0.717, 1.165) is 22.5 Å². The van der Waals surface area contributed by atoms with Crippen molar-refractivity contribution in [1.82, 2.24) is 9.29 Å². The standard InChI is InChI=1S/C19H19F3N4O4S/c20-19(21,22)14-2-1-3-17(12-14)31(28,29)26-10-6-16(7-11-26)25-30-13-18(27)24-15-4-8-23-9-5-15/h1-5,8-9,12H,6-7,10-11,13H2,(H,23,24,27). The van der Waals surface area contributed by atoms with Crippen molar-refractivity contribution in [3.05, 3.63) is 54.4 Å². The molecule has 1 fully saturated rings. The summed E-state index contributed by atoms with van der Waals surface area (Å²) < 4.78 is 65.1. The fraction of sp³-hybridized carbons (Fsp3) is 0.316. The molecule has 2 aromatic rings. The molecule has 8 nitrogen and oxygen atoms in total. The molecule has 1 amide bonds. The number of nitrogens with one attached hydrogen (secondary N) is 1. The highest BCUT2D eigenvalue weighted by molar-refractivity contribution is 7.89. The van der Waals surface area contributed by atoms with E-state index in [1.165, 1.54) is 12.4 Å². The Morgan fingerprint density at radius 2 is 1.84 bits per heavy atom. The maximum Gasteiger partial charge on any atom is 0.416 e. The molecular formula is C19H19F3N4O4S. The molecule has 0 unspecified atom stereocenters. The highest BCUT2D eigenvalue weighted by Gasteiger charge is 2.33. The minimum Gasteiger partial charge on any atom is -0.386 e. The molecule has 1 aromatic carbocycles. The zero-order chi connectivity index (χ0) is 22.5. The van der Waals surface area contributed by atoms with Crippen LogP contribution in [-0.4, -0.2) is 49.0 Å². The number of sulfonamides is 1. The Kier molecular flexibility index (Phi) is 6.91. The van der Waals surface area contributed by atoms with Gasteiger partial charge in [-0.15, -0.1) is 0 Å². The molecule has 0 bridgehead atoms. The Morgan fingerprint density at radius 1 is 1.16 bits per heavy atom. The minimum atomic E-state index is -4.63. The highest BCUT2D eigenvalue weighted by atomic mass is 32.2. The lowest BCUT2D eigenvalue weighted by atomic mass is 10.1. The fourth-order valence-electron chi connectivity index (χ4n) is 2.87. The first-order valence-corrected chi connectivity index (χ1v) is 10.7. The first kappa shape index (κ1) is 22.7. The summed E-state index contributed by atoms with van der Waals surface area (Å²) in [6, 6.07) is 6.89. The predicted molar refractivity (Wildman–Crippen MR) is 106 cm³/mol. The first-order valence-electron chi connectivity index (χ1n) is 9.21. The molecule has 31 heavy (non-hydrogen) atoms. The third-order valence-electron chi connectivity index (χ3n) is 4.45. The van der Waals surface area contributed by atoms with Crippen LogP contribution in [0.25, 0.3) is 0 Å². The number of carbonyl (C=O) groups excluding carboxylic acids is 1. The molecule has 1 aliphatic rings. The largest absolute Gasteiger partial charge is 0.416 e. The van der Waals surface area contributed by atoms with Gasteiger partial charge in [0, 0.05) is 44.0 Å². The van der Waals surface area contributed by atoms with Gasteiger partial charge in [0.25, 0.3) is 5.91 Å². The lowest BCUT2D eigenvalue weighted by Gasteiger charge is -2.26. The van der Waals surface area contributed by atoms with E-state index in [9.17, 15) is 26.4 Å². The van der Waals surface area contributed by atoms with Crippen LogP contribution in [0, 0.1) is 0 Å². The Balaban J connectivity index is 1.53. The second-order valence-corrected chi connectivity index (χ2v) is 8.58. The monoisotopic (exact) mass is 456 g/mol. The fourth-order valence-corrected chi connectivity index (χ4v) is 4.36. The summed E-state index contributed by atoms with van der Waals surface area (Å²) in [6.45, 7) is -0.230. The van der Waals surface area contributed by atoms with Gasteiger partial charge in [-0.2, -0.15) is 17.5 Å². The molecule has 0 spiro atoms. The number of nitrogens with zero attached hydrogens (tertiary/aromatic N) is 3. The van der Waals surface area contributed by atoms with Crippen LogP contribution < -0.4 is 5.32 Å². The van der Waals surface area contributed by atoms with E-state index in [-0.39, 0.29) is 32.5 Å². The van der Waals surface area contributed by atoms with Crippen LogP contribution in [0.1, 0.15) is 18.4 Å². The number of benzene rings is 1. The second-order valence-electron chi connectivity index (χ2n) is 6.64. The van der Waals surface area contributed by atoms with Gasteiger partial charge in [0.05, 0.1) is 16.2 Å². The van der Waals surface area contributed by atoms with Crippen LogP contribution in [0.4, 0.5) is 18.9 Å². The molecule has 1 saturated heterocycles. The van der Waals surface area contributed by atoms with Crippen molar-refractivity contribution >= 4 is 27.3 Å². The van der Waals surface area contributed by atoms with Crippen molar-refractivity contribution in [2.24, 2.45) is 5.16 Å².